The minimum atomic E-state index is 0.371. The summed E-state index contributed by atoms with van der Waals surface area (Å²) >= 11 is 11.4. The van der Waals surface area contributed by atoms with Crippen LogP contribution in [0.4, 0.5) is 5.69 Å². The Morgan fingerprint density at radius 1 is 1.53 bits per heavy atom. The lowest BCUT2D eigenvalue weighted by Gasteiger charge is -2.30. The highest BCUT2D eigenvalue weighted by molar-refractivity contribution is 7.80. The van der Waals surface area contributed by atoms with Crippen molar-refractivity contribution in [3.8, 4) is 0 Å². The number of rotatable bonds is 4. The number of halogens is 1. The summed E-state index contributed by atoms with van der Waals surface area (Å²) in [6.45, 7) is 2.07. The van der Waals surface area contributed by atoms with Crippen molar-refractivity contribution >= 4 is 34.5 Å². The van der Waals surface area contributed by atoms with Crippen LogP contribution in [-0.2, 0) is 0 Å². The van der Waals surface area contributed by atoms with Gasteiger partial charge in [-0.2, -0.15) is 0 Å². The Morgan fingerprint density at radius 2 is 2.26 bits per heavy atom. The van der Waals surface area contributed by atoms with Crippen molar-refractivity contribution in [2.24, 2.45) is 5.73 Å². The van der Waals surface area contributed by atoms with E-state index in [1.165, 1.54) is 12.8 Å². The normalized spacial score (nSPS) is 19.2. The Hall–Kier alpha value is -0.840. The molecule has 2 N–H and O–H groups in total. The van der Waals surface area contributed by atoms with Crippen molar-refractivity contribution in [1.29, 1.82) is 0 Å². The molecule has 1 saturated heterocycles. The number of hydrogen-bond acceptors (Lipinski definition) is 3. The zero-order valence-corrected chi connectivity index (χ0v) is 13.0. The van der Waals surface area contributed by atoms with E-state index in [1.807, 2.05) is 12.1 Å². The van der Waals surface area contributed by atoms with Gasteiger partial charge in [-0.3, -0.25) is 0 Å². The minimum absolute atomic E-state index is 0.371. The summed E-state index contributed by atoms with van der Waals surface area (Å²) in [7, 11) is 4.20. The minimum Gasteiger partial charge on any atom is -0.389 e. The number of nitrogens with two attached hydrogens (primary N) is 1. The van der Waals surface area contributed by atoms with Crippen LogP contribution in [0.2, 0.25) is 5.02 Å². The fourth-order valence-corrected chi connectivity index (χ4v) is 3.30. The van der Waals surface area contributed by atoms with E-state index in [0.29, 0.717) is 16.1 Å². The molecule has 5 heteroatoms. The molecule has 1 fully saturated rings. The highest BCUT2D eigenvalue weighted by Gasteiger charge is 2.27. The third-order valence-corrected chi connectivity index (χ3v) is 4.02. The molecule has 104 valence electrons. The molecule has 1 aliphatic rings. The van der Waals surface area contributed by atoms with Crippen LogP contribution in [0.1, 0.15) is 18.4 Å². The van der Waals surface area contributed by atoms with Gasteiger partial charge in [-0.05, 0) is 39.1 Å². The molecule has 0 aromatic heterocycles. The van der Waals surface area contributed by atoms with Gasteiger partial charge in [0.05, 0.1) is 10.6 Å². The Bertz CT molecular complexity index is 476. The van der Waals surface area contributed by atoms with E-state index in [9.17, 15) is 0 Å². The largest absolute Gasteiger partial charge is 0.389 e. The average Bonchev–Trinajstić information content (AvgIpc) is 2.75. The van der Waals surface area contributed by atoms with Gasteiger partial charge in [0.25, 0.3) is 0 Å². The van der Waals surface area contributed by atoms with E-state index in [1.54, 1.807) is 0 Å². The van der Waals surface area contributed by atoms with Crippen LogP contribution in [0.25, 0.3) is 0 Å². The van der Waals surface area contributed by atoms with Gasteiger partial charge in [-0.1, -0.05) is 29.9 Å². The third kappa shape index (κ3) is 3.19. The lowest BCUT2D eigenvalue weighted by atomic mass is 10.1. The summed E-state index contributed by atoms with van der Waals surface area (Å²) < 4.78 is 0. The fourth-order valence-electron chi connectivity index (χ4n) is 2.76. The summed E-state index contributed by atoms with van der Waals surface area (Å²) in [6, 6.07) is 6.37. The zero-order valence-electron chi connectivity index (χ0n) is 11.4. The van der Waals surface area contributed by atoms with Crippen LogP contribution in [-0.4, -0.2) is 43.1 Å². The number of benzene rings is 1. The Labute approximate surface area is 125 Å². The lowest BCUT2D eigenvalue weighted by molar-refractivity contribution is 0.372. The molecule has 1 atom stereocenters. The molecule has 3 nitrogen and oxygen atoms in total. The summed E-state index contributed by atoms with van der Waals surface area (Å²) in [6.07, 6.45) is 2.39. The van der Waals surface area contributed by atoms with E-state index >= 15 is 0 Å². The first-order valence-electron chi connectivity index (χ1n) is 6.50. The van der Waals surface area contributed by atoms with Gasteiger partial charge in [0.15, 0.2) is 0 Å². The first kappa shape index (κ1) is 14.6. The monoisotopic (exact) mass is 297 g/mol. The van der Waals surface area contributed by atoms with Crippen LogP contribution in [0.5, 0.6) is 0 Å². The van der Waals surface area contributed by atoms with Gasteiger partial charge in [0, 0.05) is 24.8 Å². The topological polar surface area (TPSA) is 32.5 Å². The maximum atomic E-state index is 6.25. The molecule has 0 aliphatic carbocycles. The summed E-state index contributed by atoms with van der Waals surface area (Å²) in [5.74, 6) is 0. The molecule has 1 heterocycles. The Kier molecular flexibility index (Phi) is 4.66. The van der Waals surface area contributed by atoms with Gasteiger partial charge < -0.3 is 15.5 Å². The van der Waals surface area contributed by atoms with Gasteiger partial charge in [-0.25, -0.2) is 0 Å². The molecule has 0 radical (unpaired) electrons. The number of anilines is 1. The lowest BCUT2D eigenvalue weighted by Crippen LogP contribution is -2.38. The molecule has 2 rings (SSSR count). The van der Waals surface area contributed by atoms with Crippen LogP contribution >= 0.6 is 23.8 Å². The predicted octanol–water partition coefficient (Wildman–Crippen LogP) is 2.50. The zero-order chi connectivity index (χ0) is 14.0. The number of hydrogen-bond donors (Lipinski definition) is 1. The van der Waals surface area contributed by atoms with E-state index in [4.69, 9.17) is 29.6 Å². The van der Waals surface area contributed by atoms with Crippen LogP contribution in [0.3, 0.4) is 0 Å². The quantitative estimate of drug-likeness (QED) is 0.866. The maximum Gasteiger partial charge on any atom is 0.107 e. The van der Waals surface area contributed by atoms with Gasteiger partial charge in [0.1, 0.15) is 4.99 Å². The highest BCUT2D eigenvalue weighted by atomic mass is 35.5. The van der Waals surface area contributed by atoms with Gasteiger partial charge in [-0.15, -0.1) is 0 Å². The molecule has 1 aliphatic heterocycles. The second-order valence-corrected chi connectivity index (χ2v) is 6.10. The second kappa shape index (κ2) is 6.07. The Balaban J connectivity index is 2.35. The smallest absolute Gasteiger partial charge is 0.107 e. The molecule has 1 aromatic carbocycles. The third-order valence-electron chi connectivity index (χ3n) is 3.50. The maximum absolute atomic E-state index is 6.25. The average molecular weight is 298 g/mol. The molecular weight excluding hydrogens is 278 g/mol. The van der Waals surface area contributed by atoms with Crippen molar-refractivity contribution in [3.63, 3.8) is 0 Å². The molecule has 1 unspecified atom stereocenters. The molecular formula is C14H20ClN3S. The fraction of sp³-hybridized carbons (Fsp3) is 0.500. The standard InChI is InChI=1S/C14H20ClN3S/c1-17(2)9-10-5-4-8-18(10)12-7-3-6-11(15)13(12)14(16)19/h3,6-7,10H,4-5,8-9H2,1-2H3,(H2,16,19). The van der Waals surface area contributed by atoms with Crippen molar-refractivity contribution < 1.29 is 0 Å². The molecule has 1 aromatic rings. The van der Waals surface area contributed by atoms with Gasteiger partial charge in [0.2, 0.25) is 0 Å². The molecule has 0 spiro atoms. The van der Waals surface area contributed by atoms with E-state index < -0.39 is 0 Å². The van der Waals surface area contributed by atoms with E-state index in [2.05, 4.69) is 30.0 Å². The predicted molar refractivity (Wildman–Crippen MR) is 86.3 cm³/mol. The van der Waals surface area contributed by atoms with Crippen LogP contribution in [0, 0.1) is 0 Å². The van der Waals surface area contributed by atoms with Crippen molar-refractivity contribution in [2.75, 3.05) is 32.1 Å². The summed E-state index contributed by atoms with van der Waals surface area (Å²) in [5.41, 5.74) is 7.72. The van der Waals surface area contributed by atoms with Crippen molar-refractivity contribution in [3.05, 3.63) is 28.8 Å². The second-order valence-electron chi connectivity index (χ2n) is 5.25. The van der Waals surface area contributed by atoms with Crippen LogP contribution < -0.4 is 10.6 Å². The number of thiocarbonyl (C=S) groups is 1. The molecule has 0 amide bonds. The first-order chi connectivity index (χ1) is 9.00. The highest BCUT2D eigenvalue weighted by Crippen LogP contribution is 2.32. The summed E-state index contributed by atoms with van der Waals surface area (Å²) in [5, 5.41) is 0.639. The SMILES string of the molecule is CN(C)CC1CCCN1c1cccc(Cl)c1C(N)=S. The Morgan fingerprint density at radius 3 is 2.89 bits per heavy atom. The molecule has 0 saturated carbocycles. The summed E-state index contributed by atoms with van der Waals surface area (Å²) in [4.78, 5) is 4.98. The molecule has 19 heavy (non-hydrogen) atoms. The van der Waals surface area contributed by atoms with Crippen LogP contribution in [0.15, 0.2) is 18.2 Å². The van der Waals surface area contributed by atoms with Crippen molar-refractivity contribution in [1.82, 2.24) is 4.90 Å². The van der Waals surface area contributed by atoms with Gasteiger partial charge >= 0.3 is 0 Å². The number of nitrogens with zero attached hydrogens (tertiary/aromatic N) is 2. The van der Waals surface area contributed by atoms with Crippen molar-refractivity contribution in [2.45, 2.75) is 18.9 Å². The van der Waals surface area contributed by atoms with E-state index in [-0.39, 0.29) is 0 Å². The van der Waals surface area contributed by atoms with E-state index in [0.717, 1.165) is 24.3 Å². The first-order valence-corrected chi connectivity index (χ1v) is 7.29. The molecule has 0 bridgehead atoms. The number of likely N-dealkylation sites (N-methyl/N-ethyl adjacent to an activating group) is 1.